The second-order valence-corrected chi connectivity index (χ2v) is 5.58. The van der Waals surface area contributed by atoms with Gasteiger partial charge in [0.05, 0.1) is 6.10 Å². The standard InChI is InChI=1S/C18H17N3O4/c1-11(2)24-15-6-4-3-5-14(15)12-7-9-13(10-8-12)25-17-16(18(22)23)19-21-20-17/h3-11H,1-2H3,(H,22,23)(H,19,20,21). The highest BCUT2D eigenvalue weighted by atomic mass is 16.5. The van der Waals surface area contributed by atoms with Crippen molar-refractivity contribution >= 4 is 5.97 Å². The summed E-state index contributed by atoms with van der Waals surface area (Å²) in [7, 11) is 0. The van der Waals surface area contributed by atoms with Crippen LogP contribution in [0.15, 0.2) is 48.5 Å². The van der Waals surface area contributed by atoms with Crippen molar-refractivity contribution in [3.63, 3.8) is 0 Å². The molecule has 3 aromatic rings. The van der Waals surface area contributed by atoms with Gasteiger partial charge in [0.15, 0.2) is 0 Å². The number of ether oxygens (including phenoxy) is 2. The number of hydrogen-bond acceptors (Lipinski definition) is 5. The predicted molar refractivity (Wildman–Crippen MR) is 91.1 cm³/mol. The fraction of sp³-hybridized carbons (Fsp3) is 0.167. The summed E-state index contributed by atoms with van der Waals surface area (Å²) in [4.78, 5) is 11.0. The summed E-state index contributed by atoms with van der Waals surface area (Å²) in [5.74, 6) is 0.0561. The van der Waals surface area contributed by atoms with Crippen molar-refractivity contribution in [2.75, 3.05) is 0 Å². The molecule has 3 rings (SSSR count). The Hall–Kier alpha value is -3.35. The van der Waals surface area contributed by atoms with Crippen LogP contribution in [0.4, 0.5) is 0 Å². The maximum absolute atomic E-state index is 11.0. The molecular weight excluding hydrogens is 322 g/mol. The fourth-order valence-corrected chi connectivity index (χ4v) is 2.31. The van der Waals surface area contributed by atoms with Gasteiger partial charge in [0.25, 0.3) is 5.88 Å². The van der Waals surface area contributed by atoms with Crippen LogP contribution in [0.25, 0.3) is 11.1 Å². The van der Waals surface area contributed by atoms with Crippen molar-refractivity contribution in [2.45, 2.75) is 20.0 Å². The molecule has 0 amide bonds. The molecule has 0 unspecified atom stereocenters. The van der Waals surface area contributed by atoms with Crippen molar-refractivity contribution in [1.29, 1.82) is 0 Å². The maximum atomic E-state index is 11.0. The second-order valence-electron chi connectivity index (χ2n) is 5.58. The first-order chi connectivity index (χ1) is 12.0. The molecule has 128 valence electrons. The second kappa shape index (κ2) is 7.04. The normalized spacial score (nSPS) is 10.7. The third-order valence-electron chi connectivity index (χ3n) is 3.35. The molecule has 0 saturated heterocycles. The molecule has 0 aliphatic rings. The number of para-hydroxylation sites is 1. The molecule has 7 nitrogen and oxygen atoms in total. The van der Waals surface area contributed by atoms with E-state index < -0.39 is 5.97 Å². The number of H-pyrrole nitrogens is 1. The molecule has 0 spiro atoms. The average molecular weight is 339 g/mol. The van der Waals surface area contributed by atoms with Crippen LogP contribution in [0.2, 0.25) is 0 Å². The van der Waals surface area contributed by atoms with Gasteiger partial charge < -0.3 is 14.6 Å². The number of aromatic nitrogens is 3. The lowest BCUT2D eigenvalue weighted by molar-refractivity contribution is 0.0687. The number of carboxylic acids is 1. The number of benzene rings is 2. The number of aromatic amines is 1. The summed E-state index contributed by atoms with van der Waals surface area (Å²) in [5.41, 5.74) is 1.67. The van der Waals surface area contributed by atoms with Crippen LogP contribution in [0, 0.1) is 0 Å². The van der Waals surface area contributed by atoms with Crippen LogP contribution < -0.4 is 9.47 Å². The summed E-state index contributed by atoms with van der Waals surface area (Å²) >= 11 is 0. The summed E-state index contributed by atoms with van der Waals surface area (Å²) in [6.07, 6.45) is 0.0751. The van der Waals surface area contributed by atoms with Gasteiger partial charge in [-0.05, 0) is 37.6 Å². The van der Waals surface area contributed by atoms with Crippen LogP contribution in [0.5, 0.6) is 17.4 Å². The van der Waals surface area contributed by atoms with Crippen LogP contribution in [0.3, 0.4) is 0 Å². The van der Waals surface area contributed by atoms with Crippen LogP contribution >= 0.6 is 0 Å². The van der Waals surface area contributed by atoms with Gasteiger partial charge in [-0.25, -0.2) is 9.89 Å². The Morgan fingerprint density at radius 3 is 2.52 bits per heavy atom. The van der Waals surface area contributed by atoms with Gasteiger partial charge in [0, 0.05) is 5.56 Å². The SMILES string of the molecule is CC(C)Oc1ccccc1-c1ccc(Oc2[nH]nnc2C(=O)O)cc1. The van der Waals surface area contributed by atoms with Gasteiger partial charge in [-0.2, -0.15) is 0 Å². The highest BCUT2D eigenvalue weighted by Crippen LogP contribution is 2.32. The van der Waals surface area contributed by atoms with E-state index in [0.717, 1.165) is 16.9 Å². The van der Waals surface area contributed by atoms with Crippen molar-refractivity contribution in [1.82, 2.24) is 15.4 Å². The highest BCUT2D eigenvalue weighted by molar-refractivity contribution is 5.87. The quantitative estimate of drug-likeness (QED) is 0.710. The van der Waals surface area contributed by atoms with E-state index in [0.29, 0.717) is 5.75 Å². The highest BCUT2D eigenvalue weighted by Gasteiger charge is 2.17. The van der Waals surface area contributed by atoms with Crippen molar-refractivity contribution in [2.24, 2.45) is 0 Å². The molecule has 2 aromatic carbocycles. The van der Waals surface area contributed by atoms with E-state index in [1.807, 2.05) is 50.2 Å². The molecule has 2 N–H and O–H groups in total. The molecule has 25 heavy (non-hydrogen) atoms. The Labute approximate surface area is 144 Å². The Balaban J connectivity index is 1.84. The lowest BCUT2D eigenvalue weighted by Gasteiger charge is -2.14. The number of carboxylic acid groups (broad SMARTS) is 1. The minimum atomic E-state index is -1.21. The van der Waals surface area contributed by atoms with E-state index in [9.17, 15) is 4.79 Å². The lowest BCUT2D eigenvalue weighted by atomic mass is 10.0. The largest absolute Gasteiger partial charge is 0.490 e. The minimum absolute atomic E-state index is 0.0104. The monoisotopic (exact) mass is 339 g/mol. The molecule has 1 heterocycles. The Bertz CT molecular complexity index is 872. The van der Waals surface area contributed by atoms with E-state index in [1.54, 1.807) is 12.1 Å². The van der Waals surface area contributed by atoms with E-state index >= 15 is 0 Å². The first-order valence-electron chi connectivity index (χ1n) is 7.73. The van der Waals surface area contributed by atoms with Crippen LogP contribution in [-0.2, 0) is 0 Å². The molecule has 0 atom stereocenters. The zero-order chi connectivity index (χ0) is 17.8. The first-order valence-corrected chi connectivity index (χ1v) is 7.73. The number of rotatable bonds is 6. The lowest BCUT2D eigenvalue weighted by Crippen LogP contribution is -2.06. The summed E-state index contributed by atoms with van der Waals surface area (Å²) < 4.78 is 11.3. The molecule has 0 fully saturated rings. The number of nitrogens with one attached hydrogen (secondary N) is 1. The first kappa shape index (κ1) is 16.5. The third kappa shape index (κ3) is 3.77. The van der Waals surface area contributed by atoms with E-state index in [1.165, 1.54) is 0 Å². The number of aromatic carboxylic acids is 1. The van der Waals surface area contributed by atoms with Gasteiger partial charge in [0.1, 0.15) is 11.5 Å². The molecular formula is C18H17N3O4. The maximum Gasteiger partial charge on any atom is 0.362 e. The Morgan fingerprint density at radius 1 is 1.12 bits per heavy atom. The predicted octanol–water partition coefficient (Wildman–Crippen LogP) is 3.75. The average Bonchev–Trinajstić information content (AvgIpc) is 3.04. The fourth-order valence-electron chi connectivity index (χ4n) is 2.31. The summed E-state index contributed by atoms with van der Waals surface area (Å²) in [5, 5.41) is 18.4. The number of hydrogen-bond donors (Lipinski definition) is 2. The van der Waals surface area contributed by atoms with Gasteiger partial charge in [-0.1, -0.05) is 35.5 Å². The zero-order valence-electron chi connectivity index (χ0n) is 13.8. The van der Waals surface area contributed by atoms with Gasteiger partial charge in [-0.15, -0.1) is 5.10 Å². The van der Waals surface area contributed by atoms with Gasteiger partial charge in [-0.3, -0.25) is 0 Å². The van der Waals surface area contributed by atoms with Gasteiger partial charge >= 0.3 is 5.97 Å². The summed E-state index contributed by atoms with van der Waals surface area (Å²) in [6.45, 7) is 3.96. The van der Waals surface area contributed by atoms with E-state index in [2.05, 4.69) is 15.4 Å². The third-order valence-corrected chi connectivity index (χ3v) is 3.35. The molecule has 0 aliphatic heterocycles. The van der Waals surface area contributed by atoms with Gasteiger partial charge in [0.2, 0.25) is 5.69 Å². The Morgan fingerprint density at radius 2 is 1.84 bits per heavy atom. The summed E-state index contributed by atoms with van der Waals surface area (Å²) in [6, 6.07) is 15.0. The van der Waals surface area contributed by atoms with Crippen LogP contribution in [-0.4, -0.2) is 32.6 Å². The molecule has 1 aromatic heterocycles. The smallest absolute Gasteiger partial charge is 0.362 e. The zero-order valence-corrected chi connectivity index (χ0v) is 13.8. The molecule has 0 aliphatic carbocycles. The Kier molecular flexibility index (Phi) is 4.65. The molecule has 0 saturated carbocycles. The van der Waals surface area contributed by atoms with Crippen molar-refractivity contribution in [3.05, 3.63) is 54.2 Å². The van der Waals surface area contributed by atoms with E-state index in [-0.39, 0.29) is 17.7 Å². The van der Waals surface area contributed by atoms with Crippen molar-refractivity contribution < 1.29 is 19.4 Å². The topological polar surface area (TPSA) is 97.3 Å². The number of nitrogens with zero attached hydrogens (tertiary/aromatic N) is 2. The van der Waals surface area contributed by atoms with E-state index in [4.69, 9.17) is 14.6 Å². The minimum Gasteiger partial charge on any atom is -0.490 e. The molecule has 0 radical (unpaired) electrons. The van der Waals surface area contributed by atoms with Crippen LogP contribution in [0.1, 0.15) is 24.3 Å². The number of carbonyl (C=O) groups is 1. The molecule has 0 bridgehead atoms. The van der Waals surface area contributed by atoms with Crippen molar-refractivity contribution in [3.8, 4) is 28.5 Å². The molecule has 7 heteroatoms.